The number of rotatable bonds is 6. The third-order valence-corrected chi connectivity index (χ3v) is 5.32. The minimum absolute atomic E-state index is 0.0668. The van der Waals surface area contributed by atoms with E-state index in [4.69, 9.17) is 4.74 Å². The molecular formula is C23H21F4N5O2. The zero-order valence-corrected chi connectivity index (χ0v) is 18.5. The molecule has 1 unspecified atom stereocenters. The first-order valence-electron chi connectivity index (χ1n) is 10.1. The Labute approximate surface area is 192 Å². The Morgan fingerprint density at radius 2 is 1.82 bits per heavy atom. The molecule has 4 rings (SSSR count). The lowest BCUT2D eigenvalue weighted by molar-refractivity contribution is -0.248. The largest absolute Gasteiger partial charge is 0.497 e. The fraction of sp³-hybridized carbons (Fsp3) is 0.261. The smallest absolute Gasteiger partial charge is 0.418 e. The van der Waals surface area contributed by atoms with E-state index < -0.39 is 24.1 Å². The van der Waals surface area contributed by atoms with Crippen molar-refractivity contribution in [2.75, 3.05) is 18.6 Å². The molecule has 0 aliphatic carbocycles. The van der Waals surface area contributed by atoms with Gasteiger partial charge in [0.2, 0.25) is 0 Å². The fourth-order valence-corrected chi connectivity index (χ4v) is 3.41. The van der Waals surface area contributed by atoms with Crippen LogP contribution in [-0.2, 0) is 7.05 Å². The van der Waals surface area contributed by atoms with Crippen molar-refractivity contribution in [3.05, 3.63) is 60.8 Å². The zero-order chi connectivity index (χ0) is 24.7. The maximum absolute atomic E-state index is 14.2. The predicted molar refractivity (Wildman–Crippen MR) is 118 cm³/mol. The Kier molecular flexibility index (Phi) is 5.90. The lowest BCUT2D eigenvalue weighted by atomic mass is 10.0. The second kappa shape index (κ2) is 8.56. The van der Waals surface area contributed by atoms with Crippen LogP contribution in [0.4, 0.5) is 28.9 Å². The van der Waals surface area contributed by atoms with Gasteiger partial charge < -0.3 is 14.7 Å². The van der Waals surface area contributed by atoms with Gasteiger partial charge in [-0.15, -0.1) is 0 Å². The van der Waals surface area contributed by atoms with Crippen LogP contribution < -0.4 is 9.64 Å². The molecule has 34 heavy (non-hydrogen) atoms. The lowest BCUT2D eigenvalue weighted by Crippen LogP contribution is -2.50. The standard InChI is InChI=1S/C23H21F4N5O2/c1-22(33,23(25,26)27)13-32(17-6-15(24)7-18(8-17)34-3)16-4-5-19-20(9-16)30-21(11-28-19)14-10-29-31(2)12-14/h4-12,33H,13H2,1-3H3. The Morgan fingerprint density at radius 3 is 2.47 bits per heavy atom. The van der Waals surface area contributed by atoms with Gasteiger partial charge >= 0.3 is 6.18 Å². The van der Waals surface area contributed by atoms with E-state index in [1.54, 1.807) is 36.4 Å². The number of aliphatic hydroxyl groups is 1. The van der Waals surface area contributed by atoms with Gasteiger partial charge in [0.05, 0.1) is 42.8 Å². The van der Waals surface area contributed by atoms with Gasteiger partial charge in [0.25, 0.3) is 0 Å². The van der Waals surface area contributed by atoms with Crippen LogP contribution in [0.2, 0.25) is 0 Å². The van der Waals surface area contributed by atoms with Gasteiger partial charge in [-0.25, -0.2) is 9.37 Å². The summed E-state index contributed by atoms with van der Waals surface area (Å²) in [6.45, 7) is -0.234. The molecule has 0 amide bonds. The number of hydrogen-bond acceptors (Lipinski definition) is 6. The molecule has 0 saturated heterocycles. The third kappa shape index (κ3) is 4.65. The quantitative estimate of drug-likeness (QED) is 0.410. The molecule has 0 aliphatic heterocycles. The summed E-state index contributed by atoms with van der Waals surface area (Å²) in [4.78, 5) is 10.1. The highest BCUT2D eigenvalue weighted by atomic mass is 19.4. The average molecular weight is 475 g/mol. The molecule has 11 heteroatoms. The molecule has 178 valence electrons. The molecular weight excluding hydrogens is 454 g/mol. The van der Waals surface area contributed by atoms with Crippen LogP contribution >= 0.6 is 0 Å². The van der Waals surface area contributed by atoms with Crippen LogP contribution in [0.15, 0.2) is 55.0 Å². The molecule has 1 atom stereocenters. The lowest BCUT2D eigenvalue weighted by Gasteiger charge is -2.34. The van der Waals surface area contributed by atoms with Crippen molar-refractivity contribution in [2.24, 2.45) is 7.05 Å². The second-order valence-corrected chi connectivity index (χ2v) is 8.04. The van der Waals surface area contributed by atoms with Crippen LogP contribution in [0.25, 0.3) is 22.3 Å². The Morgan fingerprint density at radius 1 is 1.06 bits per heavy atom. The van der Waals surface area contributed by atoms with Gasteiger partial charge in [-0.2, -0.15) is 18.3 Å². The first kappa shape index (κ1) is 23.4. The van der Waals surface area contributed by atoms with Gasteiger partial charge in [0.1, 0.15) is 11.6 Å². The van der Waals surface area contributed by atoms with E-state index in [2.05, 4.69) is 15.1 Å². The number of fused-ring (bicyclic) bond motifs is 1. The highest BCUT2D eigenvalue weighted by Crippen LogP contribution is 2.37. The molecule has 7 nitrogen and oxygen atoms in total. The summed E-state index contributed by atoms with van der Waals surface area (Å²) >= 11 is 0. The molecule has 4 aromatic rings. The molecule has 0 aliphatic rings. The molecule has 0 fully saturated rings. The molecule has 0 bridgehead atoms. The molecule has 2 aromatic heterocycles. The van der Waals surface area contributed by atoms with Gasteiger partial charge in [-0.3, -0.25) is 9.67 Å². The summed E-state index contributed by atoms with van der Waals surface area (Å²) in [5.74, 6) is -0.587. The van der Waals surface area contributed by atoms with Crippen LogP contribution in [0.3, 0.4) is 0 Å². The normalized spacial score (nSPS) is 13.6. The molecule has 0 saturated carbocycles. The average Bonchev–Trinajstić information content (AvgIpc) is 3.21. The number of ether oxygens (including phenoxy) is 1. The summed E-state index contributed by atoms with van der Waals surface area (Å²) in [6.07, 6.45) is 0.0204. The Hall–Kier alpha value is -3.73. The predicted octanol–water partition coefficient (Wildman–Crippen LogP) is 4.63. The summed E-state index contributed by atoms with van der Waals surface area (Å²) in [5, 5.41) is 14.3. The van der Waals surface area contributed by atoms with E-state index in [1.807, 2.05) is 0 Å². The monoisotopic (exact) mass is 475 g/mol. The van der Waals surface area contributed by atoms with Crippen LogP contribution in [0.1, 0.15) is 6.92 Å². The Bertz CT molecular complexity index is 1340. The second-order valence-electron chi connectivity index (χ2n) is 8.04. The van der Waals surface area contributed by atoms with Crippen LogP contribution in [0, 0.1) is 5.82 Å². The van der Waals surface area contributed by atoms with Crippen molar-refractivity contribution in [1.82, 2.24) is 19.7 Å². The topological polar surface area (TPSA) is 76.3 Å². The van der Waals surface area contributed by atoms with Gasteiger partial charge in [0.15, 0.2) is 5.60 Å². The number of aromatic nitrogens is 4. The maximum atomic E-state index is 14.2. The third-order valence-electron chi connectivity index (χ3n) is 5.32. The highest BCUT2D eigenvalue weighted by molar-refractivity contribution is 5.82. The van der Waals surface area contributed by atoms with E-state index in [1.165, 1.54) is 25.3 Å². The first-order valence-corrected chi connectivity index (χ1v) is 10.1. The van der Waals surface area contributed by atoms with E-state index in [9.17, 15) is 22.7 Å². The number of methoxy groups -OCH3 is 1. The van der Waals surface area contributed by atoms with Crippen molar-refractivity contribution in [3.8, 4) is 17.0 Å². The summed E-state index contributed by atoms with van der Waals surface area (Å²) in [5.41, 5.74) is -0.618. The van der Waals surface area contributed by atoms with Crippen LogP contribution in [-0.4, -0.2) is 50.3 Å². The molecule has 1 N–H and O–H groups in total. The van der Waals surface area contributed by atoms with Crippen LogP contribution in [0.5, 0.6) is 5.75 Å². The van der Waals surface area contributed by atoms with E-state index in [0.717, 1.165) is 17.0 Å². The van der Waals surface area contributed by atoms with E-state index in [0.29, 0.717) is 29.2 Å². The van der Waals surface area contributed by atoms with Gasteiger partial charge in [-0.05, 0) is 31.2 Å². The van der Waals surface area contributed by atoms with Gasteiger partial charge in [-0.1, -0.05) is 0 Å². The molecule has 0 radical (unpaired) electrons. The molecule has 2 heterocycles. The summed E-state index contributed by atoms with van der Waals surface area (Å²) < 4.78 is 61.5. The molecule has 0 spiro atoms. The number of halogens is 4. The zero-order valence-electron chi connectivity index (χ0n) is 18.5. The molecule has 2 aromatic carbocycles. The number of aryl methyl sites for hydroxylation is 1. The van der Waals surface area contributed by atoms with Gasteiger partial charge in [0, 0.05) is 42.3 Å². The number of benzene rings is 2. The highest BCUT2D eigenvalue weighted by Gasteiger charge is 2.51. The number of alkyl halides is 3. The first-order chi connectivity index (χ1) is 16.0. The Balaban J connectivity index is 1.84. The SMILES string of the molecule is COc1cc(F)cc(N(CC(C)(O)C(F)(F)F)c2ccc3ncc(-c4cnn(C)c4)nc3c2)c1. The van der Waals surface area contributed by atoms with E-state index >= 15 is 0 Å². The summed E-state index contributed by atoms with van der Waals surface area (Å²) in [7, 11) is 3.08. The van der Waals surface area contributed by atoms with Crippen molar-refractivity contribution in [3.63, 3.8) is 0 Å². The number of hydrogen-bond donors (Lipinski definition) is 1. The summed E-state index contributed by atoms with van der Waals surface area (Å²) in [6, 6.07) is 8.22. The number of nitrogens with zero attached hydrogens (tertiary/aromatic N) is 5. The van der Waals surface area contributed by atoms with Crippen molar-refractivity contribution in [2.45, 2.75) is 18.7 Å². The van der Waals surface area contributed by atoms with Crippen molar-refractivity contribution in [1.29, 1.82) is 0 Å². The van der Waals surface area contributed by atoms with Crippen molar-refractivity contribution >= 4 is 22.4 Å². The fourth-order valence-electron chi connectivity index (χ4n) is 3.41. The minimum Gasteiger partial charge on any atom is -0.497 e. The van der Waals surface area contributed by atoms with Crippen molar-refractivity contribution < 1.29 is 27.4 Å². The minimum atomic E-state index is -4.92. The number of anilines is 2. The maximum Gasteiger partial charge on any atom is 0.418 e. The van der Waals surface area contributed by atoms with E-state index in [-0.39, 0.29) is 17.1 Å².